The normalized spacial score (nSPS) is 17.6. The third-order valence-electron chi connectivity index (χ3n) is 4.53. The number of rotatable bonds is 7. The second kappa shape index (κ2) is 12.2. The van der Waals surface area contributed by atoms with E-state index in [1.165, 1.54) is 0 Å². The molecular weight excluding hydrogens is 500 g/mol. The number of halogens is 4. The van der Waals surface area contributed by atoms with Crippen LogP contribution in [0.4, 0.5) is 13.2 Å². The summed E-state index contributed by atoms with van der Waals surface area (Å²) in [5, 5.41) is 3.29. The molecule has 0 radical (unpaired) electrons. The van der Waals surface area contributed by atoms with Crippen molar-refractivity contribution in [1.29, 1.82) is 0 Å². The number of hydrogen-bond donors (Lipinski definition) is 2. The highest BCUT2D eigenvalue weighted by Gasteiger charge is 2.27. The molecule has 1 aliphatic heterocycles. The van der Waals surface area contributed by atoms with Crippen LogP contribution in [0.1, 0.15) is 30.4 Å². The molecule has 6 nitrogen and oxygen atoms in total. The van der Waals surface area contributed by atoms with Gasteiger partial charge in [-0.05, 0) is 29.9 Å². The van der Waals surface area contributed by atoms with Crippen LogP contribution < -0.4 is 11.1 Å². The van der Waals surface area contributed by atoms with Crippen LogP contribution in [0.2, 0.25) is 0 Å². The van der Waals surface area contributed by atoms with Crippen molar-refractivity contribution in [3.63, 3.8) is 0 Å². The average Bonchev–Trinajstić information content (AvgIpc) is 2.62. The Bertz CT molecular complexity index is 668. The maximum absolute atomic E-state index is 12.1. The number of amides is 1. The van der Waals surface area contributed by atoms with E-state index >= 15 is 0 Å². The van der Waals surface area contributed by atoms with Crippen LogP contribution in [0.5, 0.6) is 0 Å². The lowest BCUT2D eigenvalue weighted by atomic mass is 9.95. The molecule has 1 heterocycles. The number of hydrogen-bond acceptors (Lipinski definition) is 3. The van der Waals surface area contributed by atoms with Crippen molar-refractivity contribution in [3.05, 3.63) is 35.4 Å². The molecule has 0 saturated carbocycles. The average molecular weight is 528 g/mol. The second-order valence-corrected chi connectivity index (χ2v) is 6.95. The van der Waals surface area contributed by atoms with Crippen molar-refractivity contribution >= 4 is 35.8 Å². The topological polar surface area (TPSA) is 80.0 Å². The number of nitrogens with two attached hydrogens (primary N) is 1. The van der Waals surface area contributed by atoms with E-state index in [2.05, 4.69) is 19.9 Å². The summed E-state index contributed by atoms with van der Waals surface area (Å²) in [6.45, 7) is 0.805. The van der Waals surface area contributed by atoms with Crippen LogP contribution in [0, 0.1) is 5.92 Å². The first kappa shape index (κ1) is 25.5. The minimum atomic E-state index is -4.31. The number of alkyl halides is 3. The van der Waals surface area contributed by atoms with Crippen molar-refractivity contribution in [2.24, 2.45) is 16.6 Å². The lowest BCUT2D eigenvalue weighted by Gasteiger charge is -2.34. The molecule has 0 aliphatic carbocycles. The molecule has 0 aromatic heterocycles. The third-order valence-corrected chi connectivity index (χ3v) is 4.53. The Hall–Kier alpha value is -1.56. The summed E-state index contributed by atoms with van der Waals surface area (Å²) >= 11 is 0. The Morgan fingerprint density at radius 1 is 1.31 bits per heavy atom. The van der Waals surface area contributed by atoms with Gasteiger partial charge in [-0.3, -0.25) is 9.79 Å². The molecule has 0 bridgehead atoms. The minimum Gasteiger partial charge on any atom is -0.370 e. The number of piperidine rings is 1. The summed E-state index contributed by atoms with van der Waals surface area (Å²) < 4.78 is 41.0. The van der Waals surface area contributed by atoms with Crippen LogP contribution in [-0.4, -0.2) is 49.7 Å². The van der Waals surface area contributed by atoms with Crippen molar-refractivity contribution in [2.75, 3.05) is 26.7 Å². The smallest absolute Gasteiger partial charge is 0.370 e. The highest BCUT2D eigenvalue weighted by molar-refractivity contribution is 14.0. The van der Waals surface area contributed by atoms with E-state index in [1.807, 2.05) is 12.1 Å². The molecule has 1 fully saturated rings. The standard InChI is InChI=1S/C19H27F3N4O2.HI/c1-24-18(26-8-2-3-16(11-26)9-17(23)27)25-10-14-4-6-15(7-5-14)12-28-13-19(20,21)22;/h4-7,16H,2-3,8-13H2,1H3,(H2,23,27)(H,24,25);1H. The maximum atomic E-state index is 12.1. The lowest BCUT2D eigenvalue weighted by Crippen LogP contribution is -2.46. The molecule has 164 valence electrons. The van der Waals surface area contributed by atoms with Crippen LogP contribution in [0.25, 0.3) is 0 Å². The van der Waals surface area contributed by atoms with Gasteiger partial charge in [0.15, 0.2) is 5.96 Å². The van der Waals surface area contributed by atoms with Crippen molar-refractivity contribution in [3.8, 4) is 0 Å². The minimum absolute atomic E-state index is 0. The molecule has 2 rings (SSSR count). The van der Waals surface area contributed by atoms with Crippen molar-refractivity contribution in [1.82, 2.24) is 10.2 Å². The van der Waals surface area contributed by atoms with Crippen LogP contribution >= 0.6 is 24.0 Å². The quantitative estimate of drug-likeness (QED) is 0.324. The summed E-state index contributed by atoms with van der Waals surface area (Å²) in [4.78, 5) is 17.6. The zero-order valence-corrected chi connectivity index (χ0v) is 18.7. The van der Waals surface area contributed by atoms with Crippen LogP contribution in [-0.2, 0) is 22.7 Å². The first-order valence-corrected chi connectivity index (χ1v) is 9.23. The van der Waals surface area contributed by atoms with Crippen LogP contribution in [0.3, 0.4) is 0 Å². The molecule has 1 aromatic rings. The summed E-state index contributed by atoms with van der Waals surface area (Å²) in [5.74, 6) is 0.710. The number of ether oxygens (including phenoxy) is 1. The number of nitrogens with zero attached hydrogens (tertiary/aromatic N) is 2. The summed E-state index contributed by atoms with van der Waals surface area (Å²) in [6.07, 6.45) is -1.98. The van der Waals surface area contributed by atoms with E-state index in [4.69, 9.17) is 5.73 Å². The van der Waals surface area contributed by atoms with Gasteiger partial charge in [0.25, 0.3) is 0 Å². The highest BCUT2D eigenvalue weighted by Crippen LogP contribution is 2.19. The first-order valence-electron chi connectivity index (χ1n) is 9.23. The Morgan fingerprint density at radius 3 is 2.55 bits per heavy atom. The largest absolute Gasteiger partial charge is 0.411 e. The van der Waals surface area contributed by atoms with E-state index in [0.29, 0.717) is 18.5 Å². The highest BCUT2D eigenvalue weighted by atomic mass is 127. The monoisotopic (exact) mass is 528 g/mol. The molecule has 1 unspecified atom stereocenters. The number of aliphatic imine (C=N–C) groups is 1. The first-order chi connectivity index (χ1) is 13.3. The van der Waals surface area contributed by atoms with Gasteiger partial charge in [-0.25, -0.2) is 0 Å². The SMILES string of the molecule is CN=C(NCc1ccc(COCC(F)(F)F)cc1)N1CCCC(CC(N)=O)C1.I. The Kier molecular flexibility index (Phi) is 10.7. The van der Waals surface area contributed by atoms with E-state index in [0.717, 1.165) is 37.5 Å². The van der Waals surface area contributed by atoms with E-state index in [-0.39, 0.29) is 42.4 Å². The number of primary amides is 1. The molecular formula is C19H28F3IN4O2. The number of guanidine groups is 1. The predicted octanol–water partition coefficient (Wildman–Crippen LogP) is 3.05. The Balaban J connectivity index is 0.00000420. The molecule has 29 heavy (non-hydrogen) atoms. The van der Waals surface area contributed by atoms with E-state index in [1.54, 1.807) is 19.2 Å². The Labute approximate surface area is 186 Å². The number of benzene rings is 1. The maximum Gasteiger partial charge on any atom is 0.411 e. The summed E-state index contributed by atoms with van der Waals surface area (Å²) in [5.41, 5.74) is 6.97. The summed E-state index contributed by atoms with van der Waals surface area (Å²) in [6, 6.07) is 7.19. The molecule has 3 N–H and O–H groups in total. The van der Waals surface area contributed by atoms with Gasteiger partial charge in [-0.15, -0.1) is 24.0 Å². The van der Waals surface area contributed by atoms with Gasteiger partial charge in [0.1, 0.15) is 6.61 Å². The molecule has 1 saturated heterocycles. The Morgan fingerprint density at radius 2 is 1.97 bits per heavy atom. The molecule has 1 aromatic carbocycles. The molecule has 1 atom stereocenters. The fraction of sp³-hybridized carbons (Fsp3) is 0.579. The number of likely N-dealkylation sites (tertiary alicyclic amines) is 1. The lowest BCUT2D eigenvalue weighted by molar-refractivity contribution is -0.176. The van der Waals surface area contributed by atoms with Gasteiger partial charge < -0.3 is 20.7 Å². The van der Waals surface area contributed by atoms with Gasteiger partial charge in [0, 0.05) is 33.1 Å². The van der Waals surface area contributed by atoms with Gasteiger partial charge in [-0.2, -0.15) is 13.2 Å². The molecule has 0 spiro atoms. The zero-order chi connectivity index (χ0) is 20.6. The van der Waals surface area contributed by atoms with Crippen molar-refractivity contribution < 1.29 is 22.7 Å². The molecule has 1 aliphatic rings. The fourth-order valence-electron chi connectivity index (χ4n) is 3.26. The summed E-state index contributed by atoms with van der Waals surface area (Å²) in [7, 11) is 1.71. The predicted molar refractivity (Wildman–Crippen MR) is 116 cm³/mol. The number of carbonyl (C=O) groups excluding carboxylic acids is 1. The van der Waals surface area contributed by atoms with Crippen molar-refractivity contribution in [2.45, 2.75) is 38.6 Å². The number of nitrogens with one attached hydrogen (secondary N) is 1. The molecule has 1 amide bonds. The van der Waals surface area contributed by atoms with E-state index in [9.17, 15) is 18.0 Å². The van der Waals surface area contributed by atoms with Crippen LogP contribution in [0.15, 0.2) is 29.3 Å². The van der Waals surface area contributed by atoms with Gasteiger partial charge >= 0.3 is 6.18 Å². The van der Waals surface area contributed by atoms with E-state index < -0.39 is 12.8 Å². The third kappa shape index (κ3) is 9.66. The van der Waals surface area contributed by atoms with Gasteiger partial charge in [-0.1, -0.05) is 24.3 Å². The number of carbonyl (C=O) groups is 1. The fourth-order valence-corrected chi connectivity index (χ4v) is 3.26. The second-order valence-electron chi connectivity index (χ2n) is 6.95. The molecule has 10 heteroatoms. The van der Waals surface area contributed by atoms with Gasteiger partial charge in [0.2, 0.25) is 5.91 Å². The zero-order valence-electron chi connectivity index (χ0n) is 16.4. The van der Waals surface area contributed by atoms with Gasteiger partial charge in [0.05, 0.1) is 6.61 Å².